The molecule has 0 aliphatic rings. The Hall–Kier alpha value is -2.64. The molecule has 0 saturated heterocycles. The first-order valence-corrected chi connectivity index (χ1v) is 11.7. The van der Waals surface area contributed by atoms with Gasteiger partial charge in [-0.15, -0.1) is 4.40 Å². The van der Waals surface area contributed by atoms with Crippen LogP contribution in [0.4, 0.5) is 5.69 Å². The lowest BCUT2D eigenvalue weighted by atomic mass is 9.98. The molecule has 0 unspecified atom stereocenters. The highest BCUT2D eigenvalue weighted by Crippen LogP contribution is 2.31. The van der Waals surface area contributed by atoms with Crippen LogP contribution in [-0.4, -0.2) is 19.4 Å². The van der Waals surface area contributed by atoms with Crippen molar-refractivity contribution in [3.63, 3.8) is 0 Å². The van der Waals surface area contributed by atoms with Crippen LogP contribution in [-0.2, 0) is 10.0 Å². The molecular weight excluding hydrogens is 464 g/mol. The van der Waals surface area contributed by atoms with Crippen LogP contribution in [0, 0.1) is 6.92 Å². The van der Waals surface area contributed by atoms with Crippen LogP contribution in [0.2, 0.25) is 0 Å². The van der Waals surface area contributed by atoms with Crippen molar-refractivity contribution in [3.05, 3.63) is 87.9 Å². The van der Waals surface area contributed by atoms with Crippen molar-refractivity contribution >= 4 is 37.5 Å². The van der Waals surface area contributed by atoms with Crippen LogP contribution in [0.5, 0.6) is 5.75 Å². The highest BCUT2D eigenvalue weighted by molar-refractivity contribution is 9.10. The molecule has 0 bridgehead atoms. The standard InChI is InChI=1S/C23H23BrN2O3S/c1-15(2)20-14-22(27)16(3)13-21(20)25-23(17-7-5-4-6-8-17)26-30(28,29)19-11-9-18(24)10-12-19/h4-15,27H,1-3H3,(H,25,26). The summed E-state index contributed by atoms with van der Waals surface area (Å²) >= 11 is 3.31. The maximum Gasteiger partial charge on any atom is 0.284 e. The van der Waals surface area contributed by atoms with E-state index in [-0.39, 0.29) is 22.4 Å². The van der Waals surface area contributed by atoms with Crippen LogP contribution in [0.25, 0.3) is 0 Å². The van der Waals surface area contributed by atoms with Crippen LogP contribution in [0.1, 0.15) is 36.5 Å². The number of benzene rings is 3. The molecular formula is C23H23BrN2O3S. The summed E-state index contributed by atoms with van der Waals surface area (Å²) in [7, 11) is -3.94. The third-order valence-electron chi connectivity index (χ3n) is 4.61. The topological polar surface area (TPSA) is 78.8 Å². The summed E-state index contributed by atoms with van der Waals surface area (Å²) in [6, 6.07) is 18.9. The molecule has 5 nitrogen and oxygen atoms in total. The first-order chi connectivity index (χ1) is 14.2. The summed E-state index contributed by atoms with van der Waals surface area (Å²) in [4.78, 5) is 0.104. The molecule has 0 fully saturated rings. The lowest BCUT2D eigenvalue weighted by Crippen LogP contribution is -2.18. The number of amidine groups is 1. The summed E-state index contributed by atoms with van der Waals surface area (Å²) in [6.07, 6.45) is 0. The van der Waals surface area contributed by atoms with Crippen molar-refractivity contribution in [2.75, 3.05) is 5.32 Å². The van der Waals surface area contributed by atoms with Gasteiger partial charge in [0.25, 0.3) is 10.0 Å². The fourth-order valence-electron chi connectivity index (χ4n) is 2.95. The van der Waals surface area contributed by atoms with Crippen molar-refractivity contribution < 1.29 is 13.5 Å². The van der Waals surface area contributed by atoms with Crippen LogP contribution in [0.3, 0.4) is 0 Å². The monoisotopic (exact) mass is 486 g/mol. The van der Waals surface area contributed by atoms with Gasteiger partial charge in [0.15, 0.2) is 5.84 Å². The van der Waals surface area contributed by atoms with Crippen molar-refractivity contribution in [2.45, 2.75) is 31.6 Å². The first kappa shape index (κ1) is 22.1. The molecule has 0 aromatic heterocycles. The molecule has 7 heteroatoms. The van der Waals surface area contributed by atoms with Gasteiger partial charge in [-0.05, 0) is 60.4 Å². The fourth-order valence-corrected chi connectivity index (χ4v) is 4.19. The van der Waals surface area contributed by atoms with E-state index in [9.17, 15) is 13.5 Å². The Morgan fingerprint density at radius 3 is 2.27 bits per heavy atom. The third-order valence-corrected chi connectivity index (χ3v) is 6.43. The number of phenols is 1. The van der Waals surface area contributed by atoms with E-state index in [1.807, 2.05) is 32.0 Å². The quantitative estimate of drug-likeness (QED) is 0.270. The fraction of sp³-hybridized carbons (Fsp3) is 0.174. The lowest BCUT2D eigenvalue weighted by Gasteiger charge is -2.18. The van der Waals surface area contributed by atoms with E-state index in [0.717, 1.165) is 10.0 Å². The lowest BCUT2D eigenvalue weighted by molar-refractivity contribution is 0.470. The SMILES string of the molecule is Cc1cc(N/C(=N\S(=O)(=O)c2ccc(Br)cc2)c2ccccc2)c(C(C)C)cc1O. The van der Waals surface area contributed by atoms with Gasteiger partial charge in [0, 0.05) is 15.7 Å². The number of rotatable bonds is 5. The number of nitrogens with zero attached hydrogens (tertiary/aromatic N) is 1. The molecule has 0 spiro atoms. The minimum atomic E-state index is -3.94. The molecule has 0 atom stereocenters. The van der Waals surface area contributed by atoms with Gasteiger partial charge in [-0.1, -0.05) is 60.1 Å². The van der Waals surface area contributed by atoms with Gasteiger partial charge in [0.1, 0.15) is 5.75 Å². The molecule has 0 radical (unpaired) electrons. The van der Waals surface area contributed by atoms with Gasteiger partial charge in [0.05, 0.1) is 4.90 Å². The third kappa shape index (κ3) is 5.09. The van der Waals surface area contributed by atoms with Crippen LogP contribution in [0.15, 0.2) is 80.5 Å². The Morgan fingerprint density at radius 2 is 1.67 bits per heavy atom. The minimum absolute atomic E-state index is 0.104. The average molecular weight is 487 g/mol. The zero-order chi connectivity index (χ0) is 21.9. The molecule has 0 saturated carbocycles. The van der Waals surface area contributed by atoms with E-state index < -0.39 is 10.0 Å². The number of hydrogen-bond acceptors (Lipinski definition) is 3. The van der Waals surface area contributed by atoms with Crippen molar-refractivity contribution in [1.82, 2.24) is 0 Å². The zero-order valence-electron chi connectivity index (χ0n) is 16.9. The second-order valence-electron chi connectivity index (χ2n) is 7.24. The smallest absolute Gasteiger partial charge is 0.284 e. The Labute approximate surface area is 185 Å². The zero-order valence-corrected chi connectivity index (χ0v) is 19.3. The molecule has 3 aromatic carbocycles. The molecule has 0 aliphatic heterocycles. The van der Waals surface area contributed by atoms with E-state index >= 15 is 0 Å². The predicted octanol–water partition coefficient (Wildman–Crippen LogP) is 5.83. The molecule has 0 amide bonds. The van der Waals surface area contributed by atoms with Gasteiger partial charge >= 0.3 is 0 Å². The first-order valence-electron chi connectivity index (χ1n) is 9.44. The van der Waals surface area contributed by atoms with E-state index in [2.05, 4.69) is 25.6 Å². The largest absolute Gasteiger partial charge is 0.508 e. The van der Waals surface area contributed by atoms with E-state index in [0.29, 0.717) is 16.8 Å². The van der Waals surface area contributed by atoms with Gasteiger partial charge in [0.2, 0.25) is 0 Å². The number of anilines is 1. The maximum absolute atomic E-state index is 13.0. The number of phenolic OH excluding ortho intramolecular Hbond substituents is 1. The van der Waals surface area contributed by atoms with Crippen molar-refractivity contribution in [3.8, 4) is 5.75 Å². The van der Waals surface area contributed by atoms with Gasteiger partial charge in [-0.3, -0.25) is 0 Å². The number of sulfonamides is 1. The van der Waals surface area contributed by atoms with E-state index in [1.165, 1.54) is 12.1 Å². The molecule has 0 aliphatic carbocycles. The second-order valence-corrected chi connectivity index (χ2v) is 9.76. The highest BCUT2D eigenvalue weighted by atomic mass is 79.9. The second kappa shape index (κ2) is 9.02. The Morgan fingerprint density at radius 1 is 1.03 bits per heavy atom. The number of halogens is 1. The summed E-state index contributed by atoms with van der Waals surface area (Å²) < 4.78 is 30.9. The van der Waals surface area contributed by atoms with Crippen LogP contribution < -0.4 is 5.32 Å². The van der Waals surface area contributed by atoms with E-state index in [4.69, 9.17) is 0 Å². The molecule has 3 aromatic rings. The minimum Gasteiger partial charge on any atom is -0.508 e. The molecule has 30 heavy (non-hydrogen) atoms. The number of nitrogens with one attached hydrogen (secondary N) is 1. The number of aryl methyl sites for hydroxylation is 1. The normalized spacial score (nSPS) is 12.2. The van der Waals surface area contributed by atoms with Crippen LogP contribution >= 0.6 is 15.9 Å². The van der Waals surface area contributed by atoms with E-state index in [1.54, 1.807) is 43.3 Å². The van der Waals surface area contributed by atoms with Crippen molar-refractivity contribution in [1.29, 1.82) is 0 Å². The van der Waals surface area contributed by atoms with Gasteiger partial charge < -0.3 is 10.4 Å². The summed E-state index contributed by atoms with van der Waals surface area (Å²) in [5.74, 6) is 0.523. The maximum atomic E-state index is 13.0. The molecule has 156 valence electrons. The Kier molecular flexibility index (Phi) is 6.63. The molecule has 0 heterocycles. The highest BCUT2D eigenvalue weighted by Gasteiger charge is 2.18. The van der Waals surface area contributed by atoms with Gasteiger partial charge in [-0.2, -0.15) is 8.42 Å². The molecule has 2 N–H and O–H groups in total. The predicted molar refractivity (Wildman–Crippen MR) is 125 cm³/mol. The Balaban J connectivity index is 2.13. The molecule has 3 rings (SSSR count). The van der Waals surface area contributed by atoms with Crippen molar-refractivity contribution in [2.24, 2.45) is 4.40 Å². The summed E-state index contributed by atoms with van der Waals surface area (Å²) in [6.45, 7) is 5.81. The Bertz CT molecular complexity index is 1170. The average Bonchev–Trinajstić information content (AvgIpc) is 2.70. The summed E-state index contributed by atoms with van der Waals surface area (Å²) in [5, 5.41) is 13.3. The number of aromatic hydroxyl groups is 1. The number of hydrogen-bond donors (Lipinski definition) is 2. The summed E-state index contributed by atoms with van der Waals surface area (Å²) in [5.41, 5.74) is 2.89. The van der Waals surface area contributed by atoms with Gasteiger partial charge in [-0.25, -0.2) is 0 Å².